The summed E-state index contributed by atoms with van der Waals surface area (Å²) in [5.74, 6) is -2.83. The van der Waals surface area contributed by atoms with Crippen molar-refractivity contribution in [3.8, 4) is 0 Å². The number of benzene rings is 2. The van der Waals surface area contributed by atoms with E-state index < -0.39 is 5.76 Å². The molecular weight excluding hydrogens is 384 g/mol. The van der Waals surface area contributed by atoms with Crippen molar-refractivity contribution >= 4 is 50.9 Å². The lowest BCUT2D eigenvalue weighted by molar-refractivity contribution is 0.102. The summed E-state index contributed by atoms with van der Waals surface area (Å²) in [4.78, 5) is 12.5. The molecule has 2 aromatic carbocycles. The highest BCUT2D eigenvalue weighted by molar-refractivity contribution is 9.10. The van der Waals surface area contributed by atoms with Crippen LogP contribution in [0, 0.1) is 0 Å². The van der Waals surface area contributed by atoms with E-state index in [4.69, 9.17) is 11.6 Å². The summed E-state index contributed by atoms with van der Waals surface area (Å²) in [6.45, 7) is 0. The molecule has 1 N–H and O–H groups in total. The van der Waals surface area contributed by atoms with Crippen LogP contribution in [-0.4, -0.2) is 11.7 Å². The maximum atomic E-state index is 12.2. The third kappa shape index (κ3) is 4.43. The first-order valence-electron chi connectivity index (χ1n) is 5.77. The van der Waals surface area contributed by atoms with Crippen LogP contribution in [0.15, 0.2) is 51.8 Å². The molecule has 0 unspecified atom stereocenters. The molecule has 0 bridgehead atoms. The zero-order valence-corrected chi connectivity index (χ0v) is 13.6. The second kappa shape index (κ2) is 7.24. The second-order valence-corrected chi connectivity index (χ2v) is 6.25. The van der Waals surface area contributed by atoms with Gasteiger partial charge in [0.25, 0.3) is 11.7 Å². The Balaban J connectivity index is 2.11. The molecule has 21 heavy (non-hydrogen) atoms. The van der Waals surface area contributed by atoms with Crippen molar-refractivity contribution in [1.82, 2.24) is 0 Å². The Bertz CT molecular complexity index is 652. The Labute approximate surface area is 138 Å². The van der Waals surface area contributed by atoms with Crippen LogP contribution in [0.2, 0.25) is 5.02 Å². The number of alkyl halides is 2. The maximum absolute atomic E-state index is 12.2. The number of hydrogen-bond donors (Lipinski definition) is 1. The fourth-order valence-corrected chi connectivity index (χ4v) is 2.67. The predicted octanol–water partition coefficient (Wildman–Crippen LogP) is 5.67. The van der Waals surface area contributed by atoms with E-state index in [1.807, 2.05) is 0 Å². The third-order valence-electron chi connectivity index (χ3n) is 2.53. The van der Waals surface area contributed by atoms with Crippen LogP contribution in [0.3, 0.4) is 0 Å². The molecule has 0 atom stereocenters. The first kappa shape index (κ1) is 16.3. The quantitative estimate of drug-likeness (QED) is 0.679. The van der Waals surface area contributed by atoms with Gasteiger partial charge in [0.05, 0.1) is 10.6 Å². The Morgan fingerprint density at radius 1 is 1.19 bits per heavy atom. The highest BCUT2D eigenvalue weighted by atomic mass is 79.9. The largest absolute Gasteiger partial charge is 0.322 e. The van der Waals surface area contributed by atoms with Gasteiger partial charge in [-0.05, 0) is 52.3 Å². The van der Waals surface area contributed by atoms with Crippen LogP contribution >= 0.6 is 39.3 Å². The molecule has 0 saturated heterocycles. The van der Waals surface area contributed by atoms with Crippen LogP contribution in [-0.2, 0) is 0 Å². The van der Waals surface area contributed by atoms with Crippen molar-refractivity contribution in [2.75, 3.05) is 5.32 Å². The Morgan fingerprint density at radius 3 is 2.48 bits per heavy atom. The van der Waals surface area contributed by atoms with Crippen molar-refractivity contribution in [2.45, 2.75) is 10.7 Å². The molecule has 0 aromatic heterocycles. The number of carbonyl (C=O) groups is 1. The van der Waals surface area contributed by atoms with E-state index in [1.54, 1.807) is 30.3 Å². The van der Waals surface area contributed by atoms with Crippen molar-refractivity contribution in [2.24, 2.45) is 0 Å². The molecular formula is C14H9BrClF2NOS. The van der Waals surface area contributed by atoms with E-state index in [1.165, 1.54) is 12.1 Å². The lowest BCUT2D eigenvalue weighted by Gasteiger charge is -2.08. The lowest BCUT2D eigenvalue weighted by atomic mass is 10.2. The summed E-state index contributed by atoms with van der Waals surface area (Å²) in [5, 5.41) is 2.99. The number of hydrogen-bond acceptors (Lipinski definition) is 2. The average molecular weight is 393 g/mol. The lowest BCUT2D eigenvalue weighted by Crippen LogP contribution is -2.12. The van der Waals surface area contributed by atoms with Crippen molar-refractivity contribution in [3.05, 3.63) is 57.5 Å². The van der Waals surface area contributed by atoms with Gasteiger partial charge in [-0.25, -0.2) is 0 Å². The molecule has 2 aromatic rings. The molecule has 110 valence electrons. The van der Waals surface area contributed by atoms with E-state index in [9.17, 15) is 13.6 Å². The Kier molecular flexibility index (Phi) is 5.61. The highest BCUT2D eigenvalue weighted by Gasteiger charge is 2.12. The van der Waals surface area contributed by atoms with Crippen molar-refractivity contribution < 1.29 is 13.6 Å². The van der Waals surface area contributed by atoms with Crippen molar-refractivity contribution in [3.63, 3.8) is 0 Å². The van der Waals surface area contributed by atoms with Gasteiger partial charge in [0, 0.05) is 15.1 Å². The second-order valence-electron chi connectivity index (χ2n) is 3.96. The summed E-state index contributed by atoms with van der Waals surface area (Å²) in [6, 6.07) is 11.2. The number of halogens is 4. The Morgan fingerprint density at radius 2 is 1.86 bits per heavy atom. The molecule has 0 saturated carbocycles. The van der Waals surface area contributed by atoms with Gasteiger partial charge in [-0.1, -0.05) is 29.4 Å². The number of rotatable bonds is 4. The topological polar surface area (TPSA) is 29.1 Å². The minimum absolute atomic E-state index is 0.319. The summed E-state index contributed by atoms with van der Waals surface area (Å²) in [5.41, 5.74) is 0.840. The van der Waals surface area contributed by atoms with Crippen LogP contribution in [0.5, 0.6) is 0 Å². The summed E-state index contributed by atoms with van der Waals surface area (Å²) >= 11 is 9.74. The molecule has 2 rings (SSSR count). The molecule has 0 aliphatic carbocycles. The molecule has 0 aliphatic rings. The predicted molar refractivity (Wildman–Crippen MR) is 85.4 cm³/mol. The molecule has 0 heterocycles. The van der Waals surface area contributed by atoms with E-state index >= 15 is 0 Å². The van der Waals surface area contributed by atoms with Gasteiger partial charge in [0.2, 0.25) is 0 Å². The number of thioether (sulfide) groups is 1. The molecule has 2 nitrogen and oxygen atoms in total. The molecule has 0 radical (unpaired) electrons. The number of carbonyl (C=O) groups excluding carboxylic acids is 1. The Hall–Kier alpha value is -1.11. The van der Waals surface area contributed by atoms with Gasteiger partial charge in [0.15, 0.2) is 0 Å². The van der Waals surface area contributed by atoms with Crippen LogP contribution in [0.1, 0.15) is 10.4 Å². The van der Waals surface area contributed by atoms with Gasteiger partial charge < -0.3 is 5.32 Å². The molecule has 7 heteroatoms. The van der Waals surface area contributed by atoms with Gasteiger partial charge in [-0.2, -0.15) is 8.78 Å². The molecule has 0 aliphatic heterocycles. The SMILES string of the molecule is O=C(Nc1ccc(SC(F)F)cc1)c1cccc(Br)c1Cl. The number of amides is 1. The zero-order chi connectivity index (χ0) is 15.4. The van der Waals surface area contributed by atoms with Gasteiger partial charge in [0.1, 0.15) is 0 Å². The molecule has 1 amide bonds. The monoisotopic (exact) mass is 391 g/mol. The van der Waals surface area contributed by atoms with Gasteiger partial charge >= 0.3 is 0 Å². The normalized spacial score (nSPS) is 10.7. The molecule has 0 fully saturated rings. The standard InChI is InChI=1S/C14H9BrClF2NOS/c15-11-3-1-2-10(12(11)16)13(20)19-8-4-6-9(7-5-8)21-14(17)18/h1-7,14H,(H,19,20). The van der Waals surface area contributed by atoms with E-state index in [0.717, 1.165) is 0 Å². The van der Waals surface area contributed by atoms with Crippen LogP contribution in [0.25, 0.3) is 0 Å². The first-order chi connectivity index (χ1) is 9.97. The summed E-state index contributed by atoms with van der Waals surface area (Å²) in [7, 11) is 0. The van der Waals surface area contributed by atoms with Gasteiger partial charge in [-0.15, -0.1) is 0 Å². The number of anilines is 1. The maximum Gasteiger partial charge on any atom is 0.288 e. The van der Waals surface area contributed by atoms with Crippen molar-refractivity contribution in [1.29, 1.82) is 0 Å². The third-order valence-corrected chi connectivity index (χ3v) is 4.55. The van der Waals surface area contributed by atoms with E-state index in [2.05, 4.69) is 21.2 Å². The van der Waals surface area contributed by atoms with Gasteiger partial charge in [-0.3, -0.25) is 4.79 Å². The van der Waals surface area contributed by atoms with Crippen LogP contribution in [0.4, 0.5) is 14.5 Å². The minimum Gasteiger partial charge on any atom is -0.322 e. The fraction of sp³-hybridized carbons (Fsp3) is 0.0714. The van der Waals surface area contributed by atoms with E-state index in [-0.39, 0.29) is 5.91 Å². The minimum atomic E-state index is -2.47. The zero-order valence-electron chi connectivity index (χ0n) is 10.4. The fourth-order valence-electron chi connectivity index (χ4n) is 1.60. The molecule has 0 spiro atoms. The average Bonchev–Trinajstić information content (AvgIpc) is 2.43. The highest BCUT2D eigenvalue weighted by Crippen LogP contribution is 2.28. The number of nitrogens with one attached hydrogen (secondary N) is 1. The summed E-state index contributed by atoms with van der Waals surface area (Å²) < 4.78 is 25.0. The van der Waals surface area contributed by atoms with E-state index in [0.29, 0.717) is 37.4 Å². The van der Waals surface area contributed by atoms with Crippen LogP contribution < -0.4 is 5.32 Å². The first-order valence-corrected chi connectivity index (χ1v) is 7.82. The summed E-state index contributed by atoms with van der Waals surface area (Å²) in [6.07, 6.45) is 0. The smallest absolute Gasteiger partial charge is 0.288 e.